The van der Waals surface area contributed by atoms with Crippen molar-refractivity contribution in [2.24, 2.45) is 17.3 Å². The van der Waals surface area contributed by atoms with Gasteiger partial charge in [0, 0.05) is 11.0 Å². The fourth-order valence-electron chi connectivity index (χ4n) is 8.37. The van der Waals surface area contributed by atoms with Crippen molar-refractivity contribution in [3.05, 3.63) is 11.1 Å². The molecule has 5 fully saturated rings. The maximum Gasteiger partial charge on any atom is 0.334 e. The quantitative estimate of drug-likeness (QED) is 0.317. The van der Waals surface area contributed by atoms with Crippen LogP contribution in [-0.4, -0.2) is 77.6 Å². The van der Waals surface area contributed by atoms with Gasteiger partial charge in [0.15, 0.2) is 12.4 Å². The third-order valence-electron chi connectivity index (χ3n) is 10.1. The van der Waals surface area contributed by atoms with Crippen LogP contribution in [0.2, 0.25) is 0 Å². The van der Waals surface area contributed by atoms with Gasteiger partial charge in [-0.3, -0.25) is 9.59 Å². The molecule has 9 atom stereocenters. The van der Waals surface area contributed by atoms with E-state index in [1.54, 1.807) is 0 Å². The maximum atomic E-state index is 12.3. The molecule has 4 aliphatic heterocycles. The molecule has 2 spiro atoms. The zero-order valence-corrected chi connectivity index (χ0v) is 20.0. The molecular weight excluding hydrogens is 460 g/mol. The zero-order chi connectivity index (χ0) is 24.5. The highest BCUT2D eigenvalue weighted by molar-refractivity contribution is 5.92. The molecule has 0 unspecified atom stereocenters. The zero-order valence-electron chi connectivity index (χ0n) is 20.0. The van der Waals surface area contributed by atoms with Crippen molar-refractivity contribution in [2.45, 2.75) is 94.1 Å². The van der Waals surface area contributed by atoms with Gasteiger partial charge in [0.1, 0.15) is 36.1 Å². The summed E-state index contributed by atoms with van der Waals surface area (Å²) in [6, 6.07) is 0. The van der Waals surface area contributed by atoms with E-state index in [-0.39, 0.29) is 61.2 Å². The summed E-state index contributed by atoms with van der Waals surface area (Å²) in [6.45, 7) is 6.47. The number of fused-ring (bicyclic) bond motifs is 4. The Hall–Kier alpha value is -2.01. The molecule has 3 aliphatic carbocycles. The first kappa shape index (κ1) is 22.2. The van der Waals surface area contributed by atoms with Crippen LogP contribution in [0.5, 0.6) is 0 Å². The van der Waals surface area contributed by atoms with Crippen LogP contribution < -0.4 is 0 Å². The molecule has 0 aromatic carbocycles. The van der Waals surface area contributed by atoms with Gasteiger partial charge >= 0.3 is 17.9 Å². The molecule has 2 saturated carbocycles. The van der Waals surface area contributed by atoms with Crippen molar-refractivity contribution in [2.75, 3.05) is 13.4 Å². The normalized spacial score (nSPS) is 49.6. The van der Waals surface area contributed by atoms with E-state index in [9.17, 15) is 14.4 Å². The molecule has 10 nitrogen and oxygen atoms in total. The van der Waals surface area contributed by atoms with E-state index >= 15 is 0 Å². The Balaban J connectivity index is 1.20. The Labute approximate surface area is 202 Å². The van der Waals surface area contributed by atoms with Gasteiger partial charge in [0.25, 0.3) is 0 Å². The minimum Gasteiger partial charge on any atom is -0.481 e. The van der Waals surface area contributed by atoms with Gasteiger partial charge in [-0.15, -0.1) is 0 Å². The second kappa shape index (κ2) is 6.65. The molecule has 0 bridgehead atoms. The van der Waals surface area contributed by atoms with Gasteiger partial charge < -0.3 is 33.5 Å². The lowest BCUT2D eigenvalue weighted by Gasteiger charge is -2.54. The molecular formula is C25H30O10. The predicted octanol–water partition coefficient (Wildman–Crippen LogP) is 1.49. The number of ether oxygens (including phenoxy) is 6. The Bertz CT molecular complexity index is 1080. The average Bonchev–Trinajstić information content (AvgIpc) is 3.70. The molecule has 0 aromatic heterocycles. The Morgan fingerprint density at radius 2 is 1.97 bits per heavy atom. The van der Waals surface area contributed by atoms with Crippen LogP contribution in [0, 0.1) is 17.3 Å². The highest BCUT2D eigenvalue weighted by Gasteiger charge is 3.00. The van der Waals surface area contributed by atoms with Gasteiger partial charge in [-0.05, 0) is 36.7 Å². The first-order valence-electron chi connectivity index (χ1n) is 12.5. The number of cyclic esters (lactones) is 1. The van der Waals surface area contributed by atoms with Crippen LogP contribution >= 0.6 is 0 Å². The van der Waals surface area contributed by atoms with E-state index in [4.69, 9.17) is 33.5 Å². The van der Waals surface area contributed by atoms with Gasteiger partial charge in [-0.2, -0.15) is 0 Å². The van der Waals surface area contributed by atoms with E-state index < -0.39 is 34.8 Å². The summed E-state index contributed by atoms with van der Waals surface area (Å²) >= 11 is 0. The van der Waals surface area contributed by atoms with Crippen molar-refractivity contribution in [3.63, 3.8) is 0 Å². The number of carbonyl (C=O) groups is 3. The van der Waals surface area contributed by atoms with Crippen molar-refractivity contribution < 1.29 is 47.9 Å². The molecule has 7 rings (SSSR count). The standard InChI is InChI=1S/C25H30O10/c1-11(2)23-18(34-23)19-25(35-19)22(3)7-6-12-13(9-30-20(12)29)14(22)8-15-24(25,33-15)21(23)32-10-31-17(28)5-4-16(26)27/h11,14-15,18-19,21H,4-10H2,1-3H3,(H,26,27)/t14-,15-,18-,19-,21+,22-,23-,24+,25+/m0/s1. The fraction of sp³-hybridized carbons (Fsp3) is 0.800. The first-order chi connectivity index (χ1) is 16.6. The third kappa shape index (κ3) is 2.42. The molecule has 35 heavy (non-hydrogen) atoms. The van der Waals surface area contributed by atoms with E-state index in [0.29, 0.717) is 13.0 Å². The molecule has 0 amide bonds. The SMILES string of the molecule is CC(C)[C@]12O[C@H]1[C@@H]1O[C@]13[C@]1(O[C@H]1C[C@H]1C4=C(CC[C@@]13C)C(=O)OC4)[C@@H]2OCOC(=O)CCC(=O)O. The Kier molecular flexibility index (Phi) is 4.22. The number of aliphatic carboxylic acids is 1. The molecule has 4 heterocycles. The molecule has 7 aliphatic rings. The van der Waals surface area contributed by atoms with Crippen molar-refractivity contribution in [1.82, 2.24) is 0 Å². The average molecular weight is 491 g/mol. The lowest BCUT2D eigenvalue weighted by atomic mass is 9.46. The summed E-state index contributed by atoms with van der Waals surface area (Å²) < 4.78 is 36.6. The van der Waals surface area contributed by atoms with Crippen LogP contribution in [0.1, 0.15) is 52.9 Å². The number of rotatable bonds is 7. The van der Waals surface area contributed by atoms with Crippen LogP contribution in [0.15, 0.2) is 11.1 Å². The molecule has 0 radical (unpaired) electrons. The number of esters is 2. The predicted molar refractivity (Wildman–Crippen MR) is 114 cm³/mol. The second-order valence-corrected chi connectivity index (χ2v) is 11.6. The number of carbonyl (C=O) groups excluding carboxylic acids is 2. The Morgan fingerprint density at radius 3 is 2.71 bits per heavy atom. The number of epoxide rings is 3. The number of carboxylic acid groups (broad SMARTS) is 1. The topological polar surface area (TPSA) is 137 Å². The van der Waals surface area contributed by atoms with Crippen molar-refractivity contribution in [3.8, 4) is 0 Å². The summed E-state index contributed by atoms with van der Waals surface area (Å²) in [4.78, 5) is 35.0. The summed E-state index contributed by atoms with van der Waals surface area (Å²) in [5.41, 5.74) is -0.262. The van der Waals surface area contributed by atoms with E-state index in [0.717, 1.165) is 24.0 Å². The molecule has 190 valence electrons. The molecule has 3 saturated heterocycles. The summed E-state index contributed by atoms with van der Waals surface area (Å²) in [5.74, 6) is -1.62. The first-order valence-corrected chi connectivity index (χ1v) is 12.5. The summed E-state index contributed by atoms with van der Waals surface area (Å²) in [7, 11) is 0. The lowest BCUT2D eigenvalue weighted by molar-refractivity contribution is -0.184. The van der Waals surface area contributed by atoms with Crippen LogP contribution in [0.4, 0.5) is 0 Å². The third-order valence-corrected chi connectivity index (χ3v) is 10.1. The lowest BCUT2D eigenvalue weighted by Crippen LogP contribution is -2.69. The van der Waals surface area contributed by atoms with E-state index in [1.165, 1.54) is 0 Å². The molecule has 0 aromatic rings. The summed E-state index contributed by atoms with van der Waals surface area (Å²) in [6.07, 6.45) is 0.828. The minimum absolute atomic E-state index is 0.110. The minimum atomic E-state index is -1.06. The van der Waals surface area contributed by atoms with Gasteiger partial charge in [0.05, 0.1) is 18.9 Å². The van der Waals surface area contributed by atoms with E-state index in [2.05, 4.69) is 20.8 Å². The van der Waals surface area contributed by atoms with Gasteiger partial charge in [-0.25, -0.2) is 4.79 Å². The maximum absolute atomic E-state index is 12.3. The monoisotopic (exact) mass is 490 g/mol. The van der Waals surface area contributed by atoms with Crippen molar-refractivity contribution >= 4 is 17.9 Å². The largest absolute Gasteiger partial charge is 0.481 e. The summed E-state index contributed by atoms with van der Waals surface area (Å²) in [5, 5.41) is 8.80. The van der Waals surface area contributed by atoms with Crippen LogP contribution in [0.3, 0.4) is 0 Å². The number of hydrogen-bond donors (Lipinski definition) is 1. The van der Waals surface area contributed by atoms with Gasteiger partial charge in [-0.1, -0.05) is 20.8 Å². The smallest absolute Gasteiger partial charge is 0.334 e. The van der Waals surface area contributed by atoms with Crippen LogP contribution in [-0.2, 0) is 42.8 Å². The Morgan fingerprint density at radius 1 is 1.17 bits per heavy atom. The molecule has 10 heteroatoms. The van der Waals surface area contributed by atoms with Gasteiger partial charge in [0.2, 0.25) is 0 Å². The molecule has 1 N–H and O–H groups in total. The highest BCUT2D eigenvalue weighted by Crippen LogP contribution is 2.83. The van der Waals surface area contributed by atoms with E-state index in [1.807, 2.05) is 0 Å². The highest BCUT2D eigenvalue weighted by atomic mass is 16.8. The van der Waals surface area contributed by atoms with Crippen LogP contribution in [0.25, 0.3) is 0 Å². The fourth-order valence-corrected chi connectivity index (χ4v) is 8.37. The number of carboxylic acids is 1. The second-order valence-electron chi connectivity index (χ2n) is 11.6. The number of hydrogen-bond acceptors (Lipinski definition) is 9. The van der Waals surface area contributed by atoms with Crippen molar-refractivity contribution in [1.29, 1.82) is 0 Å².